The molecule has 1 aliphatic carbocycles. The van der Waals surface area contributed by atoms with Crippen LogP contribution in [0.4, 0.5) is 0 Å². The van der Waals surface area contributed by atoms with Gasteiger partial charge in [-0.25, -0.2) is 0 Å². The molecule has 1 heterocycles. The normalized spacial score (nSPS) is 34.7. The van der Waals surface area contributed by atoms with E-state index in [1.54, 1.807) is 0 Å². The van der Waals surface area contributed by atoms with E-state index in [1.807, 2.05) is 0 Å². The summed E-state index contributed by atoms with van der Waals surface area (Å²) in [5.41, 5.74) is 0. The summed E-state index contributed by atoms with van der Waals surface area (Å²) < 4.78 is 5.78. The molecule has 3 heteroatoms. The molecule has 3 nitrogen and oxygen atoms in total. The van der Waals surface area contributed by atoms with Crippen molar-refractivity contribution in [1.29, 1.82) is 0 Å². The van der Waals surface area contributed by atoms with Crippen molar-refractivity contribution in [2.24, 2.45) is 0 Å². The van der Waals surface area contributed by atoms with E-state index in [0.29, 0.717) is 6.10 Å². The Balaban J connectivity index is 1.80. The molecular weight excluding hydrogens is 224 g/mol. The molecular formula is C15H30N2O. The second kappa shape index (κ2) is 7.46. The molecule has 0 amide bonds. The minimum Gasteiger partial charge on any atom is -0.376 e. The molecule has 0 aromatic rings. The molecule has 1 N–H and O–H groups in total. The van der Waals surface area contributed by atoms with Crippen molar-refractivity contribution in [1.82, 2.24) is 10.2 Å². The summed E-state index contributed by atoms with van der Waals surface area (Å²) in [6.45, 7) is 8.89. The third-order valence-electron chi connectivity index (χ3n) is 4.47. The molecule has 106 valence electrons. The van der Waals surface area contributed by atoms with Crippen LogP contribution in [0.1, 0.15) is 52.4 Å². The number of hydrogen-bond acceptors (Lipinski definition) is 3. The predicted molar refractivity (Wildman–Crippen MR) is 75.9 cm³/mol. The first-order chi connectivity index (χ1) is 8.83. The zero-order valence-electron chi connectivity index (χ0n) is 12.2. The summed E-state index contributed by atoms with van der Waals surface area (Å²) >= 11 is 0. The van der Waals surface area contributed by atoms with Gasteiger partial charge in [-0.2, -0.15) is 0 Å². The highest BCUT2D eigenvalue weighted by Crippen LogP contribution is 2.25. The minimum atomic E-state index is 0.475. The highest BCUT2D eigenvalue weighted by atomic mass is 16.5. The van der Waals surface area contributed by atoms with Crippen molar-refractivity contribution in [3.63, 3.8) is 0 Å². The third-order valence-corrected chi connectivity index (χ3v) is 4.47. The third kappa shape index (κ3) is 3.94. The molecule has 0 aromatic heterocycles. The van der Waals surface area contributed by atoms with Gasteiger partial charge in [-0.15, -0.1) is 0 Å². The van der Waals surface area contributed by atoms with Crippen molar-refractivity contribution < 1.29 is 4.74 Å². The van der Waals surface area contributed by atoms with Gasteiger partial charge in [0, 0.05) is 25.2 Å². The maximum absolute atomic E-state index is 5.78. The molecule has 0 aromatic carbocycles. The molecule has 2 aliphatic rings. The van der Waals surface area contributed by atoms with Gasteiger partial charge >= 0.3 is 0 Å². The second-order valence-electron chi connectivity index (χ2n) is 5.87. The predicted octanol–water partition coefficient (Wildman–Crippen LogP) is 2.41. The van der Waals surface area contributed by atoms with E-state index in [0.717, 1.165) is 38.2 Å². The fourth-order valence-corrected chi connectivity index (χ4v) is 3.35. The monoisotopic (exact) mass is 254 g/mol. The molecule has 2 rings (SSSR count). The Morgan fingerprint density at radius 1 is 1.28 bits per heavy atom. The summed E-state index contributed by atoms with van der Waals surface area (Å²) in [6, 6.07) is 1.55. The van der Waals surface area contributed by atoms with Crippen LogP contribution < -0.4 is 5.32 Å². The van der Waals surface area contributed by atoms with Gasteiger partial charge in [0.1, 0.15) is 0 Å². The van der Waals surface area contributed by atoms with Gasteiger partial charge in [0.05, 0.1) is 12.7 Å². The van der Waals surface area contributed by atoms with E-state index in [1.165, 1.54) is 38.6 Å². The summed E-state index contributed by atoms with van der Waals surface area (Å²) in [5.74, 6) is 0. The van der Waals surface area contributed by atoms with E-state index < -0.39 is 0 Å². The Labute approximate surface area is 112 Å². The van der Waals surface area contributed by atoms with Crippen LogP contribution in [-0.2, 0) is 4.74 Å². The van der Waals surface area contributed by atoms with E-state index in [9.17, 15) is 0 Å². The van der Waals surface area contributed by atoms with Gasteiger partial charge in [-0.3, -0.25) is 4.90 Å². The molecule has 1 saturated heterocycles. The number of nitrogens with zero attached hydrogens (tertiary/aromatic N) is 1. The second-order valence-corrected chi connectivity index (χ2v) is 5.87. The summed E-state index contributed by atoms with van der Waals surface area (Å²) in [5, 5.41) is 3.71. The molecule has 0 radical (unpaired) electrons. The lowest BCUT2D eigenvalue weighted by atomic mass is 9.89. The standard InChI is InChI=1S/C15H30N2O/c1-3-8-16-13-6-5-7-14(11-13)17-9-10-18-15(4-2)12-17/h13-16H,3-12H2,1-2H3. The smallest absolute Gasteiger partial charge is 0.0700 e. The summed E-state index contributed by atoms with van der Waals surface area (Å²) in [7, 11) is 0. The zero-order valence-corrected chi connectivity index (χ0v) is 12.2. The number of ether oxygens (including phenoxy) is 1. The Kier molecular flexibility index (Phi) is 5.93. The van der Waals surface area contributed by atoms with Crippen molar-refractivity contribution >= 4 is 0 Å². The molecule has 1 aliphatic heterocycles. The number of hydrogen-bond donors (Lipinski definition) is 1. The lowest BCUT2D eigenvalue weighted by molar-refractivity contribution is -0.0507. The lowest BCUT2D eigenvalue weighted by Crippen LogP contribution is -2.51. The van der Waals surface area contributed by atoms with Gasteiger partial charge in [-0.1, -0.05) is 20.3 Å². The molecule has 1 saturated carbocycles. The summed E-state index contributed by atoms with van der Waals surface area (Å²) in [4.78, 5) is 2.69. The number of rotatable bonds is 5. The maximum atomic E-state index is 5.78. The van der Waals surface area contributed by atoms with Gasteiger partial charge < -0.3 is 10.1 Å². The SMILES string of the molecule is CCCNC1CCCC(N2CCOC(CC)C2)C1. The van der Waals surface area contributed by atoms with E-state index in [-0.39, 0.29) is 0 Å². The first-order valence-electron chi connectivity index (χ1n) is 7.92. The van der Waals surface area contributed by atoms with Gasteiger partial charge in [-0.05, 0) is 38.6 Å². The van der Waals surface area contributed by atoms with E-state index >= 15 is 0 Å². The Morgan fingerprint density at radius 3 is 2.94 bits per heavy atom. The molecule has 3 unspecified atom stereocenters. The largest absolute Gasteiger partial charge is 0.376 e. The average Bonchev–Trinajstić information content (AvgIpc) is 2.45. The zero-order chi connectivity index (χ0) is 12.8. The van der Waals surface area contributed by atoms with Crippen LogP contribution in [0.15, 0.2) is 0 Å². The molecule has 18 heavy (non-hydrogen) atoms. The van der Waals surface area contributed by atoms with Crippen molar-refractivity contribution in [3.8, 4) is 0 Å². The minimum absolute atomic E-state index is 0.475. The molecule has 2 fully saturated rings. The Morgan fingerprint density at radius 2 is 2.17 bits per heavy atom. The lowest BCUT2D eigenvalue weighted by Gasteiger charge is -2.42. The number of nitrogens with one attached hydrogen (secondary N) is 1. The Hall–Kier alpha value is -0.120. The maximum Gasteiger partial charge on any atom is 0.0700 e. The first kappa shape index (κ1) is 14.3. The molecule has 0 bridgehead atoms. The highest BCUT2D eigenvalue weighted by molar-refractivity contribution is 4.86. The van der Waals surface area contributed by atoms with Crippen molar-refractivity contribution in [3.05, 3.63) is 0 Å². The average molecular weight is 254 g/mol. The molecule has 0 spiro atoms. The van der Waals surface area contributed by atoms with Crippen LogP contribution in [0, 0.1) is 0 Å². The summed E-state index contributed by atoms with van der Waals surface area (Å²) in [6.07, 6.45) is 8.37. The van der Waals surface area contributed by atoms with Crippen LogP contribution >= 0.6 is 0 Å². The fourth-order valence-electron chi connectivity index (χ4n) is 3.35. The Bertz CT molecular complexity index is 235. The van der Waals surface area contributed by atoms with Crippen LogP contribution in [0.5, 0.6) is 0 Å². The van der Waals surface area contributed by atoms with Gasteiger partial charge in [0.15, 0.2) is 0 Å². The van der Waals surface area contributed by atoms with Crippen LogP contribution in [0.25, 0.3) is 0 Å². The van der Waals surface area contributed by atoms with E-state index in [2.05, 4.69) is 24.1 Å². The van der Waals surface area contributed by atoms with Crippen LogP contribution in [0.2, 0.25) is 0 Å². The van der Waals surface area contributed by atoms with E-state index in [4.69, 9.17) is 4.74 Å². The van der Waals surface area contributed by atoms with Gasteiger partial charge in [0.25, 0.3) is 0 Å². The van der Waals surface area contributed by atoms with Crippen molar-refractivity contribution in [2.75, 3.05) is 26.2 Å². The van der Waals surface area contributed by atoms with Crippen molar-refractivity contribution in [2.45, 2.75) is 70.6 Å². The van der Waals surface area contributed by atoms with Crippen LogP contribution in [0.3, 0.4) is 0 Å². The molecule has 3 atom stereocenters. The number of morpholine rings is 1. The quantitative estimate of drug-likeness (QED) is 0.815. The topological polar surface area (TPSA) is 24.5 Å². The fraction of sp³-hybridized carbons (Fsp3) is 1.00. The first-order valence-corrected chi connectivity index (χ1v) is 7.92. The van der Waals surface area contributed by atoms with Gasteiger partial charge in [0.2, 0.25) is 0 Å². The van der Waals surface area contributed by atoms with Crippen LogP contribution in [-0.4, -0.2) is 49.3 Å². The highest BCUT2D eigenvalue weighted by Gasteiger charge is 2.29.